The first-order valence-electron chi connectivity index (χ1n) is 3.89. The number of fused-ring (bicyclic) bond motifs is 3. The summed E-state index contributed by atoms with van der Waals surface area (Å²) < 4.78 is 15.9. The first-order valence-corrected chi connectivity index (χ1v) is 5.98. The van der Waals surface area contributed by atoms with Gasteiger partial charge in [0.2, 0.25) is 0 Å². The van der Waals surface area contributed by atoms with Gasteiger partial charge in [-0.2, -0.15) is 0 Å². The molecule has 0 aliphatic carbocycles. The molecular weight excluding hydrogens is 211 g/mol. The Morgan fingerprint density at radius 2 is 2.15 bits per heavy atom. The maximum Gasteiger partial charge on any atom is 0.340 e. The number of para-hydroxylation sites is 1. The van der Waals surface area contributed by atoms with Crippen LogP contribution in [0.25, 0.3) is 0 Å². The van der Waals surface area contributed by atoms with E-state index in [2.05, 4.69) is 0 Å². The molecule has 1 fully saturated rings. The van der Waals surface area contributed by atoms with Gasteiger partial charge in [0.1, 0.15) is 11.9 Å². The molecule has 1 aromatic carbocycles. The summed E-state index contributed by atoms with van der Waals surface area (Å²) in [4.78, 5) is 0. The Kier molecular flexibility index (Phi) is 1.74. The lowest BCUT2D eigenvalue weighted by molar-refractivity contribution is 0.184. The number of benzene rings is 1. The second-order valence-corrected chi connectivity index (χ2v) is 4.52. The van der Waals surface area contributed by atoms with Crippen LogP contribution in [0.15, 0.2) is 24.3 Å². The van der Waals surface area contributed by atoms with Gasteiger partial charge in [-0.1, -0.05) is 18.2 Å². The van der Waals surface area contributed by atoms with E-state index in [4.69, 9.17) is 25.0 Å². The Hall–Kier alpha value is -0.340. The molecule has 2 aliphatic heterocycles. The van der Waals surface area contributed by atoms with Gasteiger partial charge >= 0.3 is 7.73 Å². The molecule has 0 spiro atoms. The molecule has 0 aromatic heterocycles. The number of hydrogen-bond donors (Lipinski definition) is 0. The van der Waals surface area contributed by atoms with Crippen LogP contribution in [-0.2, 0) is 9.26 Å². The van der Waals surface area contributed by atoms with E-state index in [1.165, 1.54) is 0 Å². The molecule has 5 heteroatoms. The van der Waals surface area contributed by atoms with Crippen LogP contribution in [0.5, 0.6) is 5.75 Å². The van der Waals surface area contributed by atoms with E-state index in [0.717, 1.165) is 11.3 Å². The second kappa shape index (κ2) is 2.82. The number of epoxide rings is 1. The van der Waals surface area contributed by atoms with Crippen molar-refractivity contribution < 1.29 is 13.8 Å². The highest BCUT2D eigenvalue weighted by Gasteiger charge is 2.47. The molecule has 2 aliphatic rings. The zero-order valence-corrected chi connectivity index (χ0v) is 8.16. The third-order valence-corrected chi connectivity index (χ3v) is 3.19. The molecule has 68 valence electrons. The van der Waals surface area contributed by atoms with Crippen molar-refractivity contribution in [2.45, 2.75) is 12.4 Å². The lowest BCUT2D eigenvalue weighted by Crippen LogP contribution is -1.87. The van der Waals surface area contributed by atoms with Gasteiger partial charge in [-0.3, -0.25) is 4.52 Å². The van der Waals surface area contributed by atoms with E-state index in [1.807, 2.05) is 24.3 Å². The van der Waals surface area contributed by atoms with Crippen molar-refractivity contribution in [1.29, 1.82) is 0 Å². The Morgan fingerprint density at radius 1 is 1.31 bits per heavy atom. The van der Waals surface area contributed by atoms with Crippen LogP contribution in [0, 0.1) is 0 Å². The number of hydrogen-bond acceptors (Lipinski definition) is 3. The van der Waals surface area contributed by atoms with Gasteiger partial charge < -0.3 is 9.26 Å². The molecule has 1 saturated heterocycles. The van der Waals surface area contributed by atoms with Crippen LogP contribution >= 0.6 is 19.0 Å². The lowest BCUT2D eigenvalue weighted by Gasteiger charge is -2.09. The number of halogens is 1. The first-order chi connectivity index (χ1) is 6.34. The molecule has 2 heterocycles. The molecule has 0 saturated carbocycles. The fourth-order valence-corrected chi connectivity index (χ4v) is 2.52. The van der Waals surface area contributed by atoms with Gasteiger partial charge in [0.15, 0.2) is 6.29 Å². The van der Waals surface area contributed by atoms with Crippen molar-refractivity contribution in [3.05, 3.63) is 29.8 Å². The average molecular weight is 217 g/mol. The SMILES string of the molecule is ClP1Oc2ccccc2C2OC2O1. The van der Waals surface area contributed by atoms with Crippen molar-refractivity contribution in [3.8, 4) is 5.75 Å². The molecule has 3 rings (SSSR count). The van der Waals surface area contributed by atoms with Crippen molar-refractivity contribution in [3.63, 3.8) is 0 Å². The summed E-state index contributed by atoms with van der Waals surface area (Å²) in [5, 5.41) is 0. The summed E-state index contributed by atoms with van der Waals surface area (Å²) in [6, 6.07) is 7.69. The minimum Gasteiger partial charge on any atom is -0.436 e. The Balaban J connectivity index is 2.05. The maximum absolute atomic E-state index is 5.81. The van der Waals surface area contributed by atoms with E-state index < -0.39 is 7.73 Å². The minimum atomic E-state index is -1.36. The van der Waals surface area contributed by atoms with Crippen molar-refractivity contribution in [1.82, 2.24) is 0 Å². The van der Waals surface area contributed by atoms with Crippen molar-refractivity contribution in [2.75, 3.05) is 0 Å². The van der Waals surface area contributed by atoms with Gasteiger partial charge in [-0.25, -0.2) is 0 Å². The molecule has 3 atom stereocenters. The van der Waals surface area contributed by atoms with Crippen LogP contribution in [0.2, 0.25) is 0 Å². The van der Waals surface area contributed by atoms with Crippen molar-refractivity contribution in [2.24, 2.45) is 0 Å². The van der Waals surface area contributed by atoms with Gasteiger partial charge in [0.05, 0.1) is 0 Å². The summed E-state index contributed by atoms with van der Waals surface area (Å²) in [5.41, 5.74) is 1.03. The third kappa shape index (κ3) is 1.32. The summed E-state index contributed by atoms with van der Waals surface area (Å²) in [6.07, 6.45) is -0.185. The Morgan fingerprint density at radius 3 is 3.08 bits per heavy atom. The largest absolute Gasteiger partial charge is 0.436 e. The highest BCUT2D eigenvalue weighted by molar-refractivity contribution is 7.76. The minimum absolute atomic E-state index is 0.0162. The zero-order chi connectivity index (χ0) is 8.84. The summed E-state index contributed by atoms with van der Waals surface area (Å²) >= 11 is 5.81. The number of rotatable bonds is 0. The van der Waals surface area contributed by atoms with E-state index in [-0.39, 0.29) is 12.4 Å². The lowest BCUT2D eigenvalue weighted by atomic mass is 10.1. The van der Waals surface area contributed by atoms with Crippen LogP contribution < -0.4 is 4.52 Å². The zero-order valence-electron chi connectivity index (χ0n) is 6.51. The van der Waals surface area contributed by atoms with Crippen LogP contribution in [0.3, 0.4) is 0 Å². The summed E-state index contributed by atoms with van der Waals surface area (Å²) in [7, 11) is -1.36. The van der Waals surface area contributed by atoms with E-state index >= 15 is 0 Å². The molecule has 0 N–H and O–H groups in total. The molecule has 1 aromatic rings. The van der Waals surface area contributed by atoms with Crippen LogP contribution in [-0.4, -0.2) is 6.29 Å². The maximum atomic E-state index is 5.81. The van der Waals surface area contributed by atoms with Gasteiger partial charge in [-0.15, -0.1) is 0 Å². The molecule has 3 nitrogen and oxygen atoms in total. The van der Waals surface area contributed by atoms with E-state index in [9.17, 15) is 0 Å². The molecule has 0 bridgehead atoms. The predicted octanol–water partition coefficient (Wildman–Crippen LogP) is 2.96. The normalized spacial score (nSPS) is 35.3. The van der Waals surface area contributed by atoms with E-state index in [1.54, 1.807) is 0 Å². The monoisotopic (exact) mass is 216 g/mol. The van der Waals surface area contributed by atoms with Crippen molar-refractivity contribution >= 4 is 19.0 Å². The van der Waals surface area contributed by atoms with Gasteiger partial charge in [0, 0.05) is 5.56 Å². The molecular formula is C8H6ClO3P. The Labute approximate surface area is 81.3 Å². The number of ether oxygens (including phenoxy) is 1. The van der Waals surface area contributed by atoms with E-state index in [0.29, 0.717) is 0 Å². The van der Waals surface area contributed by atoms with Crippen LogP contribution in [0.1, 0.15) is 11.7 Å². The second-order valence-electron chi connectivity index (χ2n) is 2.87. The quantitative estimate of drug-likeness (QED) is 0.494. The molecule has 13 heavy (non-hydrogen) atoms. The van der Waals surface area contributed by atoms with Gasteiger partial charge in [0.25, 0.3) is 0 Å². The first kappa shape index (κ1) is 8.01. The highest BCUT2D eigenvalue weighted by atomic mass is 35.7. The van der Waals surface area contributed by atoms with Gasteiger partial charge in [-0.05, 0) is 17.3 Å². The smallest absolute Gasteiger partial charge is 0.340 e. The van der Waals surface area contributed by atoms with Crippen LogP contribution in [0.4, 0.5) is 0 Å². The molecule has 3 unspecified atom stereocenters. The third-order valence-electron chi connectivity index (χ3n) is 2.03. The topological polar surface area (TPSA) is 31.0 Å². The predicted molar refractivity (Wildman–Crippen MR) is 48.5 cm³/mol. The fraction of sp³-hybridized carbons (Fsp3) is 0.250. The average Bonchev–Trinajstić information content (AvgIpc) is 2.83. The summed E-state index contributed by atoms with van der Waals surface area (Å²) in [6.45, 7) is 0. The molecule has 0 radical (unpaired) electrons. The summed E-state index contributed by atoms with van der Waals surface area (Å²) in [5.74, 6) is 0.772. The Bertz CT molecular complexity index is 346. The molecule has 0 amide bonds. The fourth-order valence-electron chi connectivity index (χ4n) is 1.38. The highest BCUT2D eigenvalue weighted by Crippen LogP contribution is 2.58. The standard InChI is InChI=1S/C8H6ClO3P/c9-13-11-6-4-2-1-3-5(6)7-8(10-7)12-13/h1-4,7-8H.